The van der Waals surface area contributed by atoms with Crippen LogP contribution in [0.3, 0.4) is 0 Å². The normalized spacial score (nSPS) is 24.9. The Kier molecular flexibility index (Phi) is 11.6. The Morgan fingerprint density at radius 1 is 1.11 bits per heavy atom. The van der Waals surface area contributed by atoms with Gasteiger partial charge in [0.25, 0.3) is 0 Å². The molecule has 2 aliphatic rings. The molecule has 1 aromatic carbocycles. The van der Waals surface area contributed by atoms with Crippen molar-refractivity contribution in [1.82, 2.24) is 4.90 Å². The number of likely N-dealkylation sites (tertiary alicyclic amines) is 1. The fourth-order valence-electron chi connectivity index (χ4n) is 5.76. The molecular weight excluding hydrogens is 462 g/mol. The predicted octanol–water partition coefficient (Wildman–Crippen LogP) is 3.87. The Morgan fingerprint density at radius 3 is 2.50 bits per heavy atom. The number of carboxylic acids is 1. The first-order valence-electron chi connectivity index (χ1n) is 13.7. The fourth-order valence-corrected chi connectivity index (χ4v) is 5.76. The smallest absolute Gasteiger partial charge is 0.321 e. The molecule has 2 fully saturated rings. The molecule has 1 aliphatic carbocycles. The number of aliphatic hydroxyl groups is 3. The summed E-state index contributed by atoms with van der Waals surface area (Å²) in [5, 5.41) is 42.0. The van der Waals surface area contributed by atoms with Gasteiger partial charge in [-0.05, 0) is 49.5 Å². The standard InChI is InChI=1S/C28H45NO7/c1-2-26(31)35-20-36-28(34,16-10-9-13-21-11-5-3-6-12-21)18-25(30)29-19-23(17-24(29)27(32)33)22-14-7-4-8-15-22/h3,5-6,11-12,22-26,30-31,34H,2,4,7-10,13-20H2,1H3,(H,32,33)/t23-,24+,25-,26-,28?/m1/s1. The number of aliphatic hydroxyl groups excluding tert-OH is 2. The average molecular weight is 508 g/mol. The van der Waals surface area contributed by atoms with Crippen molar-refractivity contribution in [2.24, 2.45) is 11.8 Å². The third-order valence-corrected chi connectivity index (χ3v) is 7.92. The molecule has 8 nitrogen and oxygen atoms in total. The van der Waals surface area contributed by atoms with Crippen LogP contribution in [0.2, 0.25) is 0 Å². The van der Waals surface area contributed by atoms with E-state index in [1.54, 1.807) is 11.8 Å². The largest absolute Gasteiger partial charge is 0.480 e. The second kappa shape index (κ2) is 14.4. The van der Waals surface area contributed by atoms with Gasteiger partial charge in [0.2, 0.25) is 0 Å². The zero-order valence-corrected chi connectivity index (χ0v) is 21.6. The molecule has 1 saturated carbocycles. The molecule has 36 heavy (non-hydrogen) atoms. The van der Waals surface area contributed by atoms with Gasteiger partial charge in [-0.25, -0.2) is 0 Å². The minimum absolute atomic E-state index is 0.148. The van der Waals surface area contributed by atoms with E-state index in [-0.39, 0.29) is 25.6 Å². The third-order valence-electron chi connectivity index (χ3n) is 7.92. The number of hydrogen-bond acceptors (Lipinski definition) is 7. The third kappa shape index (κ3) is 8.78. The van der Waals surface area contributed by atoms with Crippen molar-refractivity contribution in [3.05, 3.63) is 35.9 Å². The fraction of sp³-hybridized carbons (Fsp3) is 0.750. The molecule has 1 heterocycles. The molecule has 0 bridgehead atoms. The van der Waals surface area contributed by atoms with Crippen LogP contribution in [-0.4, -0.2) is 69.0 Å². The van der Waals surface area contributed by atoms with E-state index in [1.165, 1.54) is 24.8 Å². The van der Waals surface area contributed by atoms with E-state index in [1.807, 2.05) is 18.2 Å². The maximum absolute atomic E-state index is 12.0. The van der Waals surface area contributed by atoms with Crippen LogP contribution in [0.1, 0.15) is 83.1 Å². The lowest BCUT2D eigenvalue weighted by molar-refractivity contribution is -0.290. The van der Waals surface area contributed by atoms with Crippen LogP contribution in [0.5, 0.6) is 0 Å². The predicted molar refractivity (Wildman–Crippen MR) is 136 cm³/mol. The van der Waals surface area contributed by atoms with E-state index in [0.29, 0.717) is 31.7 Å². The second-order valence-electron chi connectivity index (χ2n) is 10.6. The van der Waals surface area contributed by atoms with Gasteiger partial charge in [-0.3, -0.25) is 9.69 Å². The minimum atomic E-state index is -1.70. The molecule has 1 unspecified atom stereocenters. The van der Waals surface area contributed by atoms with E-state index in [2.05, 4.69) is 12.1 Å². The van der Waals surface area contributed by atoms with Crippen LogP contribution >= 0.6 is 0 Å². The number of aryl methyl sites for hydroxylation is 1. The van der Waals surface area contributed by atoms with Crippen molar-refractivity contribution in [3.63, 3.8) is 0 Å². The van der Waals surface area contributed by atoms with E-state index in [0.717, 1.165) is 25.7 Å². The number of hydrogen-bond donors (Lipinski definition) is 4. The highest BCUT2D eigenvalue weighted by molar-refractivity contribution is 5.74. The summed E-state index contributed by atoms with van der Waals surface area (Å²) >= 11 is 0. The van der Waals surface area contributed by atoms with Crippen molar-refractivity contribution >= 4 is 5.97 Å². The van der Waals surface area contributed by atoms with Gasteiger partial charge < -0.3 is 29.9 Å². The first-order chi connectivity index (χ1) is 17.3. The molecule has 1 saturated heterocycles. The number of ether oxygens (including phenoxy) is 2. The number of aliphatic carboxylic acids is 1. The van der Waals surface area contributed by atoms with E-state index < -0.39 is 30.3 Å². The van der Waals surface area contributed by atoms with Gasteiger partial charge in [0, 0.05) is 19.4 Å². The molecule has 204 valence electrons. The van der Waals surface area contributed by atoms with Gasteiger partial charge in [0.15, 0.2) is 18.9 Å². The van der Waals surface area contributed by atoms with E-state index in [9.17, 15) is 25.2 Å². The number of unbranched alkanes of at least 4 members (excludes halogenated alkanes) is 1. The van der Waals surface area contributed by atoms with Crippen molar-refractivity contribution in [1.29, 1.82) is 0 Å². The number of benzene rings is 1. The molecule has 3 rings (SSSR count). The minimum Gasteiger partial charge on any atom is -0.480 e. The SMILES string of the molecule is CC[C@H](O)OCOC(O)(CCCCc1ccccc1)C[C@@H](O)N1C[C@H](C2CCCCC2)C[C@H]1C(=O)O. The van der Waals surface area contributed by atoms with Gasteiger partial charge in [-0.2, -0.15) is 0 Å². The molecule has 0 spiro atoms. The molecule has 0 radical (unpaired) electrons. The monoisotopic (exact) mass is 507 g/mol. The maximum atomic E-state index is 12.0. The van der Waals surface area contributed by atoms with Crippen LogP contribution < -0.4 is 0 Å². The zero-order chi connectivity index (χ0) is 26.0. The highest BCUT2D eigenvalue weighted by Gasteiger charge is 2.45. The highest BCUT2D eigenvalue weighted by Crippen LogP contribution is 2.39. The van der Waals surface area contributed by atoms with Gasteiger partial charge in [0.05, 0.1) is 0 Å². The van der Waals surface area contributed by atoms with Gasteiger partial charge in [0.1, 0.15) is 12.3 Å². The van der Waals surface area contributed by atoms with Gasteiger partial charge >= 0.3 is 5.97 Å². The molecule has 1 aliphatic heterocycles. The highest BCUT2D eigenvalue weighted by atomic mass is 16.8. The summed E-state index contributed by atoms with van der Waals surface area (Å²) in [6.45, 7) is 1.97. The number of nitrogens with zero attached hydrogens (tertiary/aromatic N) is 1. The number of carboxylic acid groups (broad SMARTS) is 1. The molecule has 0 amide bonds. The van der Waals surface area contributed by atoms with Gasteiger partial charge in [-0.15, -0.1) is 0 Å². The average Bonchev–Trinajstić information content (AvgIpc) is 3.34. The Balaban J connectivity index is 1.61. The Hall–Kier alpha value is -1.55. The van der Waals surface area contributed by atoms with Crippen molar-refractivity contribution < 1.29 is 34.7 Å². The molecule has 5 atom stereocenters. The second-order valence-corrected chi connectivity index (χ2v) is 10.6. The lowest BCUT2D eigenvalue weighted by Crippen LogP contribution is -2.48. The topological polar surface area (TPSA) is 120 Å². The zero-order valence-electron chi connectivity index (χ0n) is 21.6. The number of rotatable bonds is 15. The van der Waals surface area contributed by atoms with Crippen LogP contribution in [-0.2, 0) is 20.7 Å². The summed E-state index contributed by atoms with van der Waals surface area (Å²) in [6.07, 6.45) is 7.06. The first-order valence-corrected chi connectivity index (χ1v) is 13.7. The Morgan fingerprint density at radius 2 is 1.83 bits per heavy atom. The lowest BCUT2D eigenvalue weighted by Gasteiger charge is -2.35. The summed E-state index contributed by atoms with van der Waals surface area (Å²) in [7, 11) is 0. The van der Waals surface area contributed by atoms with Gasteiger partial charge in [-0.1, -0.05) is 69.4 Å². The van der Waals surface area contributed by atoms with Crippen LogP contribution in [0.25, 0.3) is 0 Å². The Labute approximate surface area is 215 Å². The lowest BCUT2D eigenvalue weighted by atomic mass is 9.79. The van der Waals surface area contributed by atoms with Crippen molar-refractivity contribution in [3.8, 4) is 0 Å². The molecule has 0 aromatic heterocycles. The summed E-state index contributed by atoms with van der Waals surface area (Å²) in [5.41, 5.74) is 1.21. The molecule has 4 N–H and O–H groups in total. The first kappa shape index (κ1) is 29.0. The van der Waals surface area contributed by atoms with E-state index >= 15 is 0 Å². The van der Waals surface area contributed by atoms with Crippen LogP contribution in [0, 0.1) is 11.8 Å². The van der Waals surface area contributed by atoms with Crippen LogP contribution in [0.4, 0.5) is 0 Å². The van der Waals surface area contributed by atoms with E-state index in [4.69, 9.17) is 9.47 Å². The number of carbonyl (C=O) groups is 1. The summed E-state index contributed by atoms with van der Waals surface area (Å²) in [4.78, 5) is 13.7. The Bertz CT molecular complexity index is 772. The maximum Gasteiger partial charge on any atom is 0.321 e. The molecule has 1 aromatic rings. The summed E-state index contributed by atoms with van der Waals surface area (Å²) in [5.74, 6) is -1.90. The van der Waals surface area contributed by atoms with Crippen molar-refractivity contribution in [2.45, 2.75) is 108 Å². The summed E-state index contributed by atoms with van der Waals surface area (Å²) < 4.78 is 10.9. The van der Waals surface area contributed by atoms with Crippen molar-refractivity contribution in [2.75, 3.05) is 13.3 Å². The molecule has 8 heteroatoms. The molecular formula is C28H45NO7. The van der Waals surface area contributed by atoms with Crippen LogP contribution in [0.15, 0.2) is 30.3 Å². The quantitative estimate of drug-likeness (QED) is 0.209. The summed E-state index contributed by atoms with van der Waals surface area (Å²) in [6, 6.07) is 9.33.